The molecule has 94 valence electrons. The van der Waals surface area contributed by atoms with E-state index in [9.17, 15) is 0 Å². The van der Waals surface area contributed by atoms with Crippen molar-refractivity contribution in [3.63, 3.8) is 0 Å². The van der Waals surface area contributed by atoms with E-state index in [0.29, 0.717) is 6.04 Å². The van der Waals surface area contributed by atoms with E-state index in [1.807, 2.05) is 5.51 Å². The van der Waals surface area contributed by atoms with Crippen LogP contribution in [-0.2, 0) is 6.42 Å². The van der Waals surface area contributed by atoms with Crippen LogP contribution in [0, 0.1) is 0 Å². The molecule has 0 saturated carbocycles. The minimum absolute atomic E-state index is 0.400. The molecule has 4 nitrogen and oxygen atoms in total. The Bertz CT molecular complexity index is 752. The second-order valence-electron chi connectivity index (χ2n) is 4.76. The Balaban J connectivity index is 1.95. The average molecular weight is 268 g/mol. The second kappa shape index (κ2) is 3.99. The highest BCUT2D eigenvalue weighted by Gasteiger charge is 2.29. The highest BCUT2D eigenvalue weighted by Crippen LogP contribution is 2.39. The Morgan fingerprint density at radius 3 is 3.05 bits per heavy atom. The molecule has 1 aromatic carbocycles. The molecule has 0 amide bonds. The van der Waals surface area contributed by atoms with E-state index in [1.165, 1.54) is 11.3 Å². The first kappa shape index (κ1) is 10.9. The van der Waals surface area contributed by atoms with Crippen LogP contribution in [0.3, 0.4) is 0 Å². The number of para-hydroxylation sites is 1. The largest absolute Gasteiger partial charge is 0.321 e. The zero-order valence-corrected chi connectivity index (χ0v) is 11.3. The molecule has 0 bridgehead atoms. The van der Waals surface area contributed by atoms with Gasteiger partial charge in [0.1, 0.15) is 16.7 Å². The predicted octanol–water partition coefficient (Wildman–Crippen LogP) is 3.17. The lowest BCUT2D eigenvalue weighted by Crippen LogP contribution is -2.25. The standard InChI is InChI=1S/C14H12N4S/c1-9-6-10-4-2-3-5-11(10)18(9)13-12-14(16-7-15-13)19-8-17-12/h2-5,7-9H,6H2,1H3. The normalized spacial score (nSPS) is 17.9. The molecular weight excluding hydrogens is 256 g/mol. The van der Waals surface area contributed by atoms with E-state index in [0.717, 1.165) is 22.6 Å². The second-order valence-corrected chi connectivity index (χ2v) is 5.59. The zero-order valence-electron chi connectivity index (χ0n) is 10.4. The number of aromatic nitrogens is 3. The van der Waals surface area contributed by atoms with E-state index in [4.69, 9.17) is 0 Å². The number of hydrogen-bond donors (Lipinski definition) is 0. The topological polar surface area (TPSA) is 41.9 Å². The number of thiazole rings is 1. The van der Waals surface area contributed by atoms with Gasteiger partial charge in [0.25, 0.3) is 0 Å². The summed E-state index contributed by atoms with van der Waals surface area (Å²) in [6.45, 7) is 2.22. The fraction of sp³-hybridized carbons (Fsp3) is 0.214. The highest BCUT2D eigenvalue weighted by atomic mass is 32.1. The molecule has 5 heteroatoms. The highest BCUT2D eigenvalue weighted by molar-refractivity contribution is 7.16. The molecule has 1 aliphatic heterocycles. The molecule has 1 atom stereocenters. The van der Waals surface area contributed by atoms with Gasteiger partial charge in [-0.2, -0.15) is 0 Å². The lowest BCUT2D eigenvalue weighted by atomic mass is 10.1. The summed E-state index contributed by atoms with van der Waals surface area (Å²) in [6.07, 6.45) is 2.68. The van der Waals surface area contributed by atoms with E-state index < -0.39 is 0 Å². The number of benzene rings is 1. The summed E-state index contributed by atoms with van der Waals surface area (Å²) in [5, 5.41) is 0. The van der Waals surface area contributed by atoms with Crippen LogP contribution in [-0.4, -0.2) is 21.0 Å². The molecule has 0 spiro atoms. The molecule has 0 radical (unpaired) electrons. The van der Waals surface area contributed by atoms with Crippen LogP contribution in [0.1, 0.15) is 12.5 Å². The van der Waals surface area contributed by atoms with E-state index in [2.05, 4.69) is 51.0 Å². The minimum Gasteiger partial charge on any atom is -0.321 e. The first-order chi connectivity index (χ1) is 9.34. The van der Waals surface area contributed by atoms with Crippen molar-refractivity contribution in [1.82, 2.24) is 15.0 Å². The van der Waals surface area contributed by atoms with Crippen molar-refractivity contribution in [1.29, 1.82) is 0 Å². The Kier molecular flexibility index (Phi) is 2.29. The Morgan fingerprint density at radius 1 is 1.21 bits per heavy atom. The number of hydrogen-bond acceptors (Lipinski definition) is 5. The van der Waals surface area contributed by atoms with E-state index in [1.54, 1.807) is 17.7 Å². The zero-order chi connectivity index (χ0) is 12.8. The monoisotopic (exact) mass is 268 g/mol. The lowest BCUT2D eigenvalue weighted by molar-refractivity contribution is 0.751. The van der Waals surface area contributed by atoms with Gasteiger partial charge in [0.15, 0.2) is 5.82 Å². The number of rotatable bonds is 1. The third kappa shape index (κ3) is 1.55. The Hall–Kier alpha value is -2.01. The van der Waals surface area contributed by atoms with Crippen molar-refractivity contribution in [2.75, 3.05) is 4.90 Å². The van der Waals surface area contributed by atoms with Gasteiger partial charge in [-0.05, 0) is 25.0 Å². The van der Waals surface area contributed by atoms with Crippen molar-refractivity contribution >= 4 is 33.2 Å². The van der Waals surface area contributed by atoms with Crippen LogP contribution in [0.2, 0.25) is 0 Å². The van der Waals surface area contributed by atoms with Crippen molar-refractivity contribution in [3.05, 3.63) is 41.7 Å². The number of nitrogens with zero attached hydrogens (tertiary/aromatic N) is 4. The average Bonchev–Trinajstić information content (AvgIpc) is 3.01. The molecule has 3 heterocycles. The first-order valence-electron chi connectivity index (χ1n) is 6.26. The summed E-state index contributed by atoms with van der Waals surface area (Å²) < 4.78 is 0. The molecule has 1 aliphatic rings. The Labute approximate surface area is 114 Å². The van der Waals surface area contributed by atoms with Crippen LogP contribution in [0.15, 0.2) is 36.1 Å². The van der Waals surface area contributed by atoms with Crippen LogP contribution >= 0.6 is 11.3 Å². The summed E-state index contributed by atoms with van der Waals surface area (Å²) in [4.78, 5) is 16.4. The summed E-state index contributed by atoms with van der Waals surface area (Å²) in [5.74, 6) is 0.920. The van der Waals surface area contributed by atoms with Crippen LogP contribution in [0.5, 0.6) is 0 Å². The molecule has 1 unspecified atom stereocenters. The molecule has 0 N–H and O–H groups in total. The Morgan fingerprint density at radius 2 is 2.11 bits per heavy atom. The fourth-order valence-electron chi connectivity index (χ4n) is 2.75. The number of fused-ring (bicyclic) bond motifs is 2. The van der Waals surface area contributed by atoms with Gasteiger partial charge in [-0.15, -0.1) is 11.3 Å². The first-order valence-corrected chi connectivity index (χ1v) is 7.14. The van der Waals surface area contributed by atoms with Gasteiger partial charge in [-0.3, -0.25) is 0 Å². The molecule has 0 aliphatic carbocycles. The van der Waals surface area contributed by atoms with Gasteiger partial charge in [-0.1, -0.05) is 18.2 Å². The summed E-state index contributed by atoms with van der Waals surface area (Å²) >= 11 is 1.55. The van der Waals surface area contributed by atoms with Gasteiger partial charge in [0, 0.05) is 11.7 Å². The fourth-order valence-corrected chi connectivity index (χ4v) is 3.37. The van der Waals surface area contributed by atoms with Crippen molar-refractivity contribution in [2.45, 2.75) is 19.4 Å². The molecule has 3 aromatic rings. The van der Waals surface area contributed by atoms with E-state index in [-0.39, 0.29) is 0 Å². The summed E-state index contributed by atoms with van der Waals surface area (Å²) in [5.41, 5.74) is 5.34. The maximum Gasteiger partial charge on any atom is 0.164 e. The molecule has 2 aromatic heterocycles. The molecule has 0 fully saturated rings. The van der Waals surface area contributed by atoms with Crippen molar-refractivity contribution in [2.24, 2.45) is 0 Å². The molecule has 19 heavy (non-hydrogen) atoms. The maximum absolute atomic E-state index is 4.47. The van der Waals surface area contributed by atoms with Crippen molar-refractivity contribution < 1.29 is 0 Å². The van der Waals surface area contributed by atoms with Gasteiger partial charge in [-0.25, -0.2) is 15.0 Å². The van der Waals surface area contributed by atoms with Gasteiger partial charge in [0.05, 0.1) is 5.51 Å². The van der Waals surface area contributed by atoms with Crippen molar-refractivity contribution in [3.8, 4) is 0 Å². The summed E-state index contributed by atoms with van der Waals surface area (Å²) in [6, 6.07) is 8.90. The smallest absolute Gasteiger partial charge is 0.164 e. The molecule has 0 saturated heterocycles. The van der Waals surface area contributed by atoms with Gasteiger partial charge in [0.2, 0.25) is 0 Å². The van der Waals surface area contributed by atoms with Gasteiger partial charge >= 0.3 is 0 Å². The number of anilines is 2. The maximum atomic E-state index is 4.47. The third-order valence-corrected chi connectivity index (χ3v) is 4.28. The van der Waals surface area contributed by atoms with Crippen LogP contribution in [0.4, 0.5) is 11.5 Å². The quantitative estimate of drug-likeness (QED) is 0.680. The SMILES string of the molecule is CC1Cc2ccccc2N1c1ncnc2scnc12. The predicted molar refractivity (Wildman–Crippen MR) is 77.0 cm³/mol. The lowest BCUT2D eigenvalue weighted by Gasteiger charge is -2.23. The molecule has 4 rings (SSSR count). The minimum atomic E-state index is 0.400. The third-order valence-electron chi connectivity index (χ3n) is 3.55. The van der Waals surface area contributed by atoms with E-state index >= 15 is 0 Å². The van der Waals surface area contributed by atoms with Gasteiger partial charge < -0.3 is 4.90 Å². The summed E-state index contributed by atoms with van der Waals surface area (Å²) in [7, 11) is 0. The van der Waals surface area contributed by atoms with Crippen LogP contribution in [0.25, 0.3) is 10.3 Å². The molecular formula is C14H12N4S. The van der Waals surface area contributed by atoms with Crippen LogP contribution < -0.4 is 4.90 Å².